The highest BCUT2D eigenvalue weighted by atomic mass is 16.4. The van der Waals surface area contributed by atoms with Crippen LogP contribution in [-0.2, 0) is 4.79 Å². The molecule has 0 saturated carbocycles. The van der Waals surface area contributed by atoms with Gasteiger partial charge in [0, 0.05) is 11.4 Å². The highest BCUT2D eigenvalue weighted by Crippen LogP contribution is 2.21. The minimum atomic E-state index is -1.12. The summed E-state index contributed by atoms with van der Waals surface area (Å²) in [4.78, 5) is 22.0. The van der Waals surface area contributed by atoms with E-state index in [1.165, 1.54) is 12.1 Å². The minimum absolute atomic E-state index is 0.0183. The molecule has 0 bridgehead atoms. The second-order valence-electron chi connectivity index (χ2n) is 4.22. The monoisotopic (exact) mass is 237 g/mol. The van der Waals surface area contributed by atoms with E-state index < -0.39 is 17.4 Å². The fourth-order valence-electron chi connectivity index (χ4n) is 1.24. The summed E-state index contributed by atoms with van der Waals surface area (Å²) in [7, 11) is 0. The van der Waals surface area contributed by atoms with Gasteiger partial charge in [-0.1, -0.05) is 0 Å². The predicted molar refractivity (Wildman–Crippen MR) is 64.7 cm³/mol. The Balaban J connectivity index is 3.05. The smallest absolute Gasteiger partial charge is 0.337 e. The van der Waals surface area contributed by atoms with Crippen molar-refractivity contribution in [3.05, 3.63) is 23.8 Å². The molecule has 92 valence electrons. The fraction of sp³-hybridized carbons (Fsp3) is 0.273. The van der Waals surface area contributed by atoms with Crippen LogP contribution in [0.1, 0.15) is 24.2 Å². The molecule has 1 amide bonds. The zero-order valence-electron chi connectivity index (χ0n) is 9.65. The standard InChI is InChI=1S/C11H15N3O3/c1-11(2,10(13)17)14-6-3-4-8(12)7(5-6)9(15)16/h3-5,14H,12H2,1-2H3,(H2,13,17)(H,15,16). The maximum atomic E-state index is 11.1. The van der Waals surface area contributed by atoms with E-state index in [2.05, 4.69) is 5.32 Å². The van der Waals surface area contributed by atoms with Crippen LogP contribution in [0.3, 0.4) is 0 Å². The molecule has 0 atom stereocenters. The first-order chi connectivity index (χ1) is 7.74. The van der Waals surface area contributed by atoms with Crippen LogP contribution in [0.25, 0.3) is 0 Å². The van der Waals surface area contributed by atoms with Gasteiger partial charge in [-0.2, -0.15) is 0 Å². The van der Waals surface area contributed by atoms with E-state index in [1.807, 2.05) is 0 Å². The maximum Gasteiger partial charge on any atom is 0.337 e. The van der Waals surface area contributed by atoms with Gasteiger partial charge in [0.2, 0.25) is 5.91 Å². The number of amides is 1. The van der Waals surface area contributed by atoms with Crippen LogP contribution in [0.5, 0.6) is 0 Å². The molecule has 6 N–H and O–H groups in total. The molecule has 17 heavy (non-hydrogen) atoms. The van der Waals surface area contributed by atoms with Crippen LogP contribution in [0.2, 0.25) is 0 Å². The number of nitrogens with two attached hydrogens (primary N) is 2. The fourth-order valence-corrected chi connectivity index (χ4v) is 1.24. The van der Waals surface area contributed by atoms with Crippen LogP contribution in [0, 0.1) is 0 Å². The number of hydrogen-bond donors (Lipinski definition) is 4. The van der Waals surface area contributed by atoms with E-state index in [4.69, 9.17) is 16.6 Å². The number of benzene rings is 1. The van der Waals surface area contributed by atoms with Gasteiger partial charge in [-0.05, 0) is 32.0 Å². The van der Waals surface area contributed by atoms with Crippen LogP contribution in [-0.4, -0.2) is 22.5 Å². The summed E-state index contributed by atoms with van der Waals surface area (Å²) in [6, 6.07) is 4.41. The molecular weight excluding hydrogens is 222 g/mol. The van der Waals surface area contributed by atoms with Crippen molar-refractivity contribution >= 4 is 23.3 Å². The van der Waals surface area contributed by atoms with Crippen molar-refractivity contribution in [2.75, 3.05) is 11.1 Å². The minimum Gasteiger partial charge on any atom is -0.478 e. The predicted octanol–water partition coefficient (Wildman–Crippen LogP) is 0.643. The molecule has 0 spiro atoms. The van der Waals surface area contributed by atoms with Crippen molar-refractivity contribution in [3.63, 3.8) is 0 Å². The lowest BCUT2D eigenvalue weighted by atomic mass is 10.0. The first-order valence-electron chi connectivity index (χ1n) is 4.95. The molecule has 0 aliphatic carbocycles. The molecule has 1 aromatic carbocycles. The van der Waals surface area contributed by atoms with Gasteiger partial charge in [0.25, 0.3) is 0 Å². The summed E-state index contributed by atoms with van der Waals surface area (Å²) in [5, 5.41) is 11.7. The Morgan fingerprint density at radius 2 is 1.94 bits per heavy atom. The number of carboxylic acid groups (broad SMARTS) is 1. The topological polar surface area (TPSA) is 118 Å². The van der Waals surface area contributed by atoms with Crippen molar-refractivity contribution < 1.29 is 14.7 Å². The number of hydrogen-bond acceptors (Lipinski definition) is 4. The number of carbonyl (C=O) groups excluding carboxylic acids is 1. The number of primary amides is 1. The van der Waals surface area contributed by atoms with Crippen LogP contribution < -0.4 is 16.8 Å². The van der Waals surface area contributed by atoms with E-state index in [1.54, 1.807) is 19.9 Å². The zero-order chi connectivity index (χ0) is 13.2. The highest BCUT2D eigenvalue weighted by Gasteiger charge is 2.24. The van der Waals surface area contributed by atoms with Gasteiger partial charge in [-0.15, -0.1) is 0 Å². The van der Waals surface area contributed by atoms with E-state index >= 15 is 0 Å². The van der Waals surface area contributed by atoms with E-state index in [0.29, 0.717) is 5.69 Å². The average molecular weight is 237 g/mol. The summed E-state index contributed by atoms with van der Waals surface area (Å²) < 4.78 is 0. The lowest BCUT2D eigenvalue weighted by Gasteiger charge is -2.24. The summed E-state index contributed by atoms with van der Waals surface area (Å²) in [5.74, 6) is -1.66. The van der Waals surface area contributed by atoms with E-state index in [0.717, 1.165) is 0 Å². The molecule has 1 aromatic rings. The number of aromatic carboxylic acids is 1. The summed E-state index contributed by atoms with van der Waals surface area (Å²) >= 11 is 0. The zero-order valence-corrected chi connectivity index (χ0v) is 9.65. The number of carboxylic acids is 1. The van der Waals surface area contributed by atoms with Gasteiger partial charge < -0.3 is 21.9 Å². The molecule has 0 radical (unpaired) electrons. The summed E-state index contributed by atoms with van der Waals surface area (Å²) in [5.41, 5.74) is 10.4. The van der Waals surface area contributed by atoms with Gasteiger partial charge in [0.05, 0.1) is 5.56 Å². The molecule has 6 heteroatoms. The molecular formula is C11H15N3O3. The second kappa shape index (κ2) is 4.32. The van der Waals surface area contributed by atoms with Gasteiger partial charge in [-0.3, -0.25) is 4.79 Å². The van der Waals surface area contributed by atoms with Gasteiger partial charge in [0.15, 0.2) is 0 Å². The van der Waals surface area contributed by atoms with Crippen LogP contribution in [0.4, 0.5) is 11.4 Å². The van der Waals surface area contributed by atoms with Gasteiger partial charge in [-0.25, -0.2) is 4.79 Å². The van der Waals surface area contributed by atoms with E-state index in [9.17, 15) is 9.59 Å². The van der Waals surface area contributed by atoms with Crippen molar-refractivity contribution in [3.8, 4) is 0 Å². The molecule has 0 aliphatic heterocycles. The Hall–Kier alpha value is -2.24. The normalized spacial score (nSPS) is 10.9. The Labute approximate surface area is 98.6 Å². The first kappa shape index (κ1) is 12.8. The Morgan fingerprint density at radius 1 is 1.35 bits per heavy atom. The van der Waals surface area contributed by atoms with Crippen LogP contribution in [0.15, 0.2) is 18.2 Å². The van der Waals surface area contributed by atoms with Gasteiger partial charge in [0.1, 0.15) is 5.54 Å². The number of carbonyl (C=O) groups is 2. The number of rotatable bonds is 4. The van der Waals surface area contributed by atoms with Crippen molar-refractivity contribution in [1.29, 1.82) is 0 Å². The molecule has 0 saturated heterocycles. The molecule has 0 fully saturated rings. The second-order valence-corrected chi connectivity index (χ2v) is 4.22. The van der Waals surface area contributed by atoms with E-state index in [-0.39, 0.29) is 11.3 Å². The quantitative estimate of drug-likeness (QED) is 0.573. The molecule has 0 aromatic heterocycles. The first-order valence-corrected chi connectivity index (χ1v) is 4.95. The lowest BCUT2D eigenvalue weighted by molar-refractivity contribution is -0.121. The number of nitrogens with one attached hydrogen (secondary N) is 1. The number of anilines is 2. The largest absolute Gasteiger partial charge is 0.478 e. The molecule has 6 nitrogen and oxygen atoms in total. The Morgan fingerprint density at radius 3 is 2.41 bits per heavy atom. The average Bonchev–Trinajstić information content (AvgIpc) is 2.20. The molecule has 0 aliphatic rings. The highest BCUT2D eigenvalue weighted by molar-refractivity contribution is 5.95. The molecule has 0 unspecified atom stereocenters. The maximum absolute atomic E-state index is 11.1. The SMILES string of the molecule is CC(C)(Nc1ccc(N)c(C(=O)O)c1)C(N)=O. The number of nitrogen functional groups attached to an aromatic ring is 1. The third kappa shape index (κ3) is 2.87. The van der Waals surface area contributed by atoms with Crippen molar-refractivity contribution in [2.45, 2.75) is 19.4 Å². The Bertz CT molecular complexity index is 469. The van der Waals surface area contributed by atoms with Crippen LogP contribution >= 0.6 is 0 Å². The Kier molecular flexibility index (Phi) is 3.26. The third-order valence-corrected chi connectivity index (χ3v) is 2.36. The summed E-state index contributed by atoms with van der Waals surface area (Å²) in [6.45, 7) is 3.21. The summed E-state index contributed by atoms with van der Waals surface area (Å²) in [6.07, 6.45) is 0. The van der Waals surface area contributed by atoms with Crippen molar-refractivity contribution in [2.24, 2.45) is 5.73 Å². The third-order valence-electron chi connectivity index (χ3n) is 2.36. The van der Waals surface area contributed by atoms with Crippen molar-refractivity contribution in [1.82, 2.24) is 0 Å². The lowest BCUT2D eigenvalue weighted by Crippen LogP contribution is -2.45. The van der Waals surface area contributed by atoms with Gasteiger partial charge >= 0.3 is 5.97 Å². The molecule has 1 rings (SSSR count). The molecule has 0 heterocycles.